The molecule has 18 heavy (non-hydrogen) atoms. The van der Waals surface area contributed by atoms with Crippen molar-refractivity contribution < 1.29 is 9.90 Å². The minimum absolute atomic E-state index is 0.253. The zero-order chi connectivity index (χ0) is 13.3. The normalized spacial score (nSPS) is 26.2. The Balaban J connectivity index is 2.12. The number of halogens is 1. The predicted octanol–water partition coefficient (Wildman–Crippen LogP) is 3.31. The van der Waals surface area contributed by atoms with Gasteiger partial charge in [0.2, 0.25) is 0 Å². The van der Waals surface area contributed by atoms with Gasteiger partial charge in [-0.2, -0.15) is 0 Å². The van der Waals surface area contributed by atoms with Crippen molar-refractivity contribution in [2.45, 2.75) is 26.3 Å². The maximum Gasteiger partial charge on any atom is 0.310 e. The Hall–Kier alpha value is -0.870. The molecule has 3 nitrogen and oxygen atoms in total. The number of benzene rings is 1. The molecule has 2 atom stereocenters. The van der Waals surface area contributed by atoms with Crippen LogP contribution < -0.4 is 0 Å². The van der Waals surface area contributed by atoms with Crippen molar-refractivity contribution in [1.82, 2.24) is 4.90 Å². The first-order valence-electron chi connectivity index (χ1n) is 6.15. The van der Waals surface area contributed by atoms with Gasteiger partial charge >= 0.3 is 5.97 Å². The first-order valence-corrected chi connectivity index (χ1v) is 6.94. The van der Waals surface area contributed by atoms with Crippen LogP contribution in [0.15, 0.2) is 28.7 Å². The SMILES string of the molecule is CC(c1cccc(Br)c1)N1CCC(C)(C(=O)O)C1. The molecule has 1 aromatic carbocycles. The fourth-order valence-corrected chi connectivity index (χ4v) is 2.90. The summed E-state index contributed by atoms with van der Waals surface area (Å²) in [6.45, 7) is 5.44. The molecule has 2 unspecified atom stereocenters. The molecule has 1 aliphatic rings. The van der Waals surface area contributed by atoms with Crippen LogP contribution in [0.2, 0.25) is 0 Å². The van der Waals surface area contributed by atoms with Crippen molar-refractivity contribution in [1.29, 1.82) is 0 Å². The summed E-state index contributed by atoms with van der Waals surface area (Å²) in [5, 5.41) is 9.25. The first kappa shape index (κ1) is 13.6. The van der Waals surface area contributed by atoms with E-state index in [4.69, 9.17) is 0 Å². The number of likely N-dealkylation sites (tertiary alicyclic amines) is 1. The van der Waals surface area contributed by atoms with Crippen LogP contribution in [0.1, 0.15) is 31.9 Å². The second kappa shape index (κ2) is 5.02. The molecule has 98 valence electrons. The van der Waals surface area contributed by atoms with Gasteiger partial charge in [-0.25, -0.2) is 0 Å². The molecule has 1 N–H and O–H groups in total. The summed E-state index contributed by atoms with van der Waals surface area (Å²) in [7, 11) is 0. The maximum atomic E-state index is 11.2. The highest BCUT2D eigenvalue weighted by molar-refractivity contribution is 9.10. The van der Waals surface area contributed by atoms with E-state index in [1.165, 1.54) is 5.56 Å². The summed E-state index contributed by atoms with van der Waals surface area (Å²) < 4.78 is 1.06. The minimum atomic E-state index is -0.688. The first-order chi connectivity index (χ1) is 8.42. The number of carboxylic acid groups (broad SMARTS) is 1. The van der Waals surface area contributed by atoms with Crippen molar-refractivity contribution >= 4 is 21.9 Å². The highest BCUT2D eigenvalue weighted by atomic mass is 79.9. The average molecular weight is 312 g/mol. The van der Waals surface area contributed by atoms with Crippen molar-refractivity contribution in [2.75, 3.05) is 13.1 Å². The quantitative estimate of drug-likeness (QED) is 0.931. The van der Waals surface area contributed by atoms with Gasteiger partial charge in [0.05, 0.1) is 5.41 Å². The Kier molecular flexibility index (Phi) is 3.78. The molecule has 0 spiro atoms. The number of nitrogens with zero attached hydrogens (tertiary/aromatic N) is 1. The third kappa shape index (κ3) is 2.59. The highest BCUT2D eigenvalue weighted by Crippen LogP contribution is 2.35. The second-order valence-corrected chi connectivity index (χ2v) is 6.23. The van der Waals surface area contributed by atoms with Crippen molar-refractivity contribution in [3.63, 3.8) is 0 Å². The Labute approximate surface area is 116 Å². The number of rotatable bonds is 3. The summed E-state index contributed by atoms with van der Waals surface area (Å²) in [6.07, 6.45) is 0.723. The van der Waals surface area contributed by atoms with E-state index < -0.39 is 11.4 Å². The molecule has 2 rings (SSSR count). The Bertz CT molecular complexity index is 463. The number of aliphatic carboxylic acids is 1. The topological polar surface area (TPSA) is 40.5 Å². The molecule has 1 saturated heterocycles. The fraction of sp³-hybridized carbons (Fsp3) is 0.500. The van der Waals surface area contributed by atoms with Crippen LogP contribution in [0.5, 0.6) is 0 Å². The summed E-state index contributed by atoms with van der Waals surface area (Å²) in [4.78, 5) is 13.5. The van der Waals surface area contributed by atoms with Crippen LogP contribution in [0.25, 0.3) is 0 Å². The minimum Gasteiger partial charge on any atom is -0.481 e. The zero-order valence-corrected chi connectivity index (χ0v) is 12.3. The lowest BCUT2D eigenvalue weighted by molar-refractivity contribution is -0.147. The van der Waals surface area contributed by atoms with E-state index >= 15 is 0 Å². The summed E-state index contributed by atoms with van der Waals surface area (Å²) in [6, 6.07) is 8.46. The third-order valence-corrected chi connectivity index (χ3v) is 4.39. The number of carboxylic acids is 1. The van der Waals surface area contributed by atoms with Crippen LogP contribution in [0.4, 0.5) is 0 Å². The van der Waals surface area contributed by atoms with Gasteiger partial charge in [-0.15, -0.1) is 0 Å². The van der Waals surface area contributed by atoms with E-state index in [1.807, 2.05) is 19.1 Å². The molecule has 0 saturated carbocycles. The van der Waals surface area contributed by atoms with Gasteiger partial charge in [0.15, 0.2) is 0 Å². The van der Waals surface area contributed by atoms with Crippen LogP contribution >= 0.6 is 15.9 Å². The summed E-state index contributed by atoms with van der Waals surface area (Å²) in [5.74, 6) is -0.688. The number of carbonyl (C=O) groups is 1. The van der Waals surface area contributed by atoms with E-state index in [1.54, 1.807) is 0 Å². The third-order valence-electron chi connectivity index (χ3n) is 3.90. The molecule has 1 aliphatic heterocycles. The van der Waals surface area contributed by atoms with E-state index in [-0.39, 0.29) is 6.04 Å². The molecule has 0 aliphatic carbocycles. The van der Waals surface area contributed by atoms with E-state index in [2.05, 4.69) is 39.9 Å². The molecule has 4 heteroatoms. The molecule has 1 aromatic rings. The Morgan fingerprint density at radius 1 is 1.56 bits per heavy atom. The van der Waals surface area contributed by atoms with Crippen LogP contribution in [-0.2, 0) is 4.79 Å². The Morgan fingerprint density at radius 2 is 2.28 bits per heavy atom. The van der Waals surface area contributed by atoms with E-state index in [0.29, 0.717) is 6.54 Å². The summed E-state index contributed by atoms with van der Waals surface area (Å²) >= 11 is 3.47. The average Bonchev–Trinajstić information content (AvgIpc) is 2.72. The van der Waals surface area contributed by atoms with Crippen LogP contribution in [0, 0.1) is 5.41 Å². The monoisotopic (exact) mass is 311 g/mol. The van der Waals surface area contributed by atoms with Gasteiger partial charge < -0.3 is 5.11 Å². The number of hydrogen-bond acceptors (Lipinski definition) is 2. The largest absolute Gasteiger partial charge is 0.481 e. The molecule has 0 bridgehead atoms. The maximum absolute atomic E-state index is 11.2. The molecule has 1 heterocycles. The van der Waals surface area contributed by atoms with Gasteiger partial charge in [0.25, 0.3) is 0 Å². The molecule has 0 radical (unpaired) electrons. The lowest BCUT2D eigenvalue weighted by Gasteiger charge is -2.26. The molecule has 0 aromatic heterocycles. The zero-order valence-electron chi connectivity index (χ0n) is 10.7. The van der Waals surface area contributed by atoms with Gasteiger partial charge in [0, 0.05) is 17.1 Å². The second-order valence-electron chi connectivity index (χ2n) is 5.32. The number of hydrogen-bond donors (Lipinski definition) is 1. The van der Waals surface area contributed by atoms with Gasteiger partial charge in [-0.1, -0.05) is 28.1 Å². The standard InChI is InChI=1S/C14H18BrNO2/c1-10(11-4-3-5-12(15)8-11)16-7-6-14(2,9-16)13(17)18/h3-5,8,10H,6-7,9H2,1-2H3,(H,17,18). The van der Waals surface area contributed by atoms with E-state index in [0.717, 1.165) is 17.4 Å². The fourth-order valence-electron chi connectivity index (χ4n) is 2.48. The lowest BCUT2D eigenvalue weighted by atomic mass is 9.90. The molecular formula is C14H18BrNO2. The van der Waals surface area contributed by atoms with Gasteiger partial charge in [-0.3, -0.25) is 9.69 Å². The smallest absolute Gasteiger partial charge is 0.310 e. The molecule has 1 fully saturated rings. The van der Waals surface area contributed by atoms with Crippen molar-refractivity contribution in [3.8, 4) is 0 Å². The van der Waals surface area contributed by atoms with Gasteiger partial charge in [0.1, 0.15) is 0 Å². The lowest BCUT2D eigenvalue weighted by Crippen LogP contribution is -2.32. The Morgan fingerprint density at radius 3 is 2.83 bits per heavy atom. The van der Waals surface area contributed by atoms with E-state index in [9.17, 15) is 9.90 Å². The van der Waals surface area contributed by atoms with Gasteiger partial charge in [-0.05, 0) is 44.5 Å². The van der Waals surface area contributed by atoms with Crippen molar-refractivity contribution in [2.24, 2.45) is 5.41 Å². The molecule has 0 amide bonds. The van der Waals surface area contributed by atoms with Crippen LogP contribution in [0.3, 0.4) is 0 Å². The van der Waals surface area contributed by atoms with Crippen molar-refractivity contribution in [3.05, 3.63) is 34.3 Å². The molecular weight excluding hydrogens is 294 g/mol. The van der Waals surface area contributed by atoms with Crippen LogP contribution in [-0.4, -0.2) is 29.1 Å². The predicted molar refractivity (Wildman–Crippen MR) is 74.5 cm³/mol. The highest BCUT2D eigenvalue weighted by Gasteiger charge is 2.41. The summed E-state index contributed by atoms with van der Waals surface area (Å²) in [5.41, 5.74) is 0.624.